The number of aryl methyl sites for hydroxylation is 1. The number of hydrogen-bond donors (Lipinski definition) is 3. The molecule has 0 saturated carbocycles. The van der Waals surface area contributed by atoms with E-state index in [1.807, 2.05) is 31.2 Å². The molecule has 0 saturated heterocycles. The minimum atomic E-state index is -0.341. The van der Waals surface area contributed by atoms with Crippen LogP contribution in [0.25, 0.3) is 0 Å². The lowest BCUT2D eigenvalue weighted by Gasteiger charge is -2.04. The number of aromatic nitrogens is 2. The van der Waals surface area contributed by atoms with Crippen LogP contribution in [0.4, 0.5) is 0 Å². The zero-order chi connectivity index (χ0) is 16.8. The van der Waals surface area contributed by atoms with Crippen molar-refractivity contribution >= 4 is 23.8 Å². The molecule has 120 valence electrons. The van der Waals surface area contributed by atoms with Gasteiger partial charge < -0.3 is 4.98 Å². The normalized spacial score (nSPS) is 11.3. The van der Waals surface area contributed by atoms with E-state index in [4.69, 9.17) is 12.2 Å². The Morgan fingerprint density at radius 2 is 1.96 bits per heavy atom. The molecule has 1 aromatic heterocycles. The lowest BCUT2D eigenvalue weighted by atomic mass is 10.1. The van der Waals surface area contributed by atoms with Crippen LogP contribution in [0.5, 0.6) is 0 Å². The van der Waals surface area contributed by atoms with Gasteiger partial charge in [-0.2, -0.15) is 5.10 Å². The van der Waals surface area contributed by atoms with Gasteiger partial charge in [-0.15, -0.1) is 0 Å². The molecule has 6 nitrogen and oxygen atoms in total. The highest BCUT2D eigenvalue weighted by molar-refractivity contribution is 7.71. The van der Waals surface area contributed by atoms with Gasteiger partial charge in [0.15, 0.2) is 4.77 Å². The molecule has 0 aliphatic carbocycles. The topological polar surface area (TPSA) is 90.1 Å². The summed E-state index contributed by atoms with van der Waals surface area (Å²) in [5, 5.41) is 4.08. The van der Waals surface area contributed by atoms with Crippen molar-refractivity contribution in [3.63, 3.8) is 0 Å². The number of rotatable bonds is 5. The Morgan fingerprint density at radius 1 is 1.26 bits per heavy atom. The van der Waals surface area contributed by atoms with Crippen LogP contribution in [0.3, 0.4) is 0 Å². The van der Waals surface area contributed by atoms with Gasteiger partial charge in [0, 0.05) is 11.8 Å². The first kappa shape index (κ1) is 16.8. The van der Waals surface area contributed by atoms with Crippen LogP contribution in [-0.4, -0.2) is 21.6 Å². The van der Waals surface area contributed by atoms with Crippen molar-refractivity contribution in [1.82, 2.24) is 15.4 Å². The number of hydrazone groups is 1. The molecule has 7 heteroatoms. The Hall–Kier alpha value is -2.54. The van der Waals surface area contributed by atoms with Crippen molar-refractivity contribution in [2.24, 2.45) is 5.10 Å². The molecular weight excluding hydrogens is 312 g/mol. The summed E-state index contributed by atoms with van der Waals surface area (Å²) in [5.41, 5.74) is 5.48. The van der Waals surface area contributed by atoms with Gasteiger partial charge in [0.25, 0.3) is 5.56 Å². The molecule has 0 bridgehead atoms. The van der Waals surface area contributed by atoms with Crippen LogP contribution < -0.4 is 11.0 Å². The highest BCUT2D eigenvalue weighted by Crippen LogP contribution is 2.06. The number of carbonyl (C=O) groups excluding carboxylic acids is 1. The third-order valence-corrected chi connectivity index (χ3v) is 3.50. The van der Waals surface area contributed by atoms with E-state index in [0.29, 0.717) is 11.4 Å². The second kappa shape index (κ2) is 7.64. The van der Waals surface area contributed by atoms with Gasteiger partial charge in [-0.05, 0) is 36.7 Å². The van der Waals surface area contributed by atoms with Gasteiger partial charge in [0.1, 0.15) is 0 Å². The van der Waals surface area contributed by atoms with Crippen molar-refractivity contribution in [1.29, 1.82) is 0 Å². The molecule has 23 heavy (non-hydrogen) atoms. The van der Waals surface area contributed by atoms with E-state index >= 15 is 0 Å². The standard InChI is InChI=1S/C16H18N4O2S/c1-3-11-4-6-12(7-5-11)10(2)19-20-15(22)9-13-8-14(21)18-16(23)17-13/h4-8H,3,9H2,1-2H3,(H,20,22)(H2,17,18,21,23)/b19-10-. The fourth-order valence-electron chi connectivity index (χ4n) is 2.02. The molecule has 0 radical (unpaired) electrons. The molecule has 0 unspecified atom stereocenters. The monoisotopic (exact) mass is 330 g/mol. The SMILES string of the molecule is CCc1ccc(/C(C)=N\NC(=O)Cc2cc(=O)[nH]c(=S)[nH]2)cc1. The molecular formula is C16H18N4O2S. The molecule has 2 aromatic rings. The first-order valence-electron chi connectivity index (χ1n) is 7.23. The number of aromatic amines is 2. The zero-order valence-electron chi connectivity index (χ0n) is 13.0. The van der Waals surface area contributed by atoms with Crippen LogP contribution in [-0.2, 0) is 17.6 Å². The summed E-state index contributed by atoms with van der Waals surface area (Å²) in [6, 6.07) is 9.31. The molecule has 0 fully saturated rings. The second-order valence-corrected chi connectivity index (χ2v) is 5.48. The number of nitrogens with zero attached hydrogens (tertiary/aromatic N) is 1. The van der Waals surface area contributed by atoms with Crippen LogP contribution in [0.1, 0.15) is 30.7 Å². The predicted octanol–water partition coefficient (Wildman–Crippen LogP) is 2.08. The van der Waals surface area contributed by atoms with Crippen molar-refractivity contribution in [2.75, 3.05) is 0 Å². The molecule has 0 aliphatic heterocycles. The molecule has 1 aromatic carbocycles. The van der Waals surface area contributed by atoms with Gasteiger partial charge >= 0.3 is 0 Å². The van der Waals surface area contributed by atoms with Crippen LogP contribution in [0.15, 0.2) is 40.2 Å². The fraction of sp³-hybridized carbons (Fsp3) is 0.250. The Bertz CT molecular complexity index is 806. The van der Waals surface area contributed by atoms with E-state index in [-0.39, 0.29) is 22.7 Å². The molecule has 0 atom stereocenters. The summed E-state index contributed by atoms with van der Waals surface area (Å²) >= 11 is 4.86. The average Bonchev–Trinajstić information content (AvgIpc) is 2.51. The maximum Gasteiger partial charge on any atom is 0.251 e. The molecule has 2 rings (SSSR count). The highest BCUT2D eigenvalue weighted by atomic mass is 32.1. The summed E-state index contributed by atoms with van der Waals surface area (Å²) in [4.78, 5) is 28.4. The zero-order valence-corrected chi connectivity index (χ0v) is 13.8. The summed E-state index contributed by atoms with van der Waals surface area (Å²) in [7, 11) is 0. The van der Waals surface area contributed by atoms with E-state index in [2.05, 4.69) is 27.4 Å². The van der Waals surface area contributed by atoms with E-state index in [0.717, 1.165) is 12.0 Å². The third-order valence-electron chi connectivity index (χ3n) is 3.30. The minimum absolute atomic E-state index is 0.000880. The van der Waals surface area contributed by atoms with Crippen LogP contribution in [0, 0.1) is 4.77 Å². The number of carbonyl (C=O) groups is 1. The fourth-order valence-corrected chi connectivity index (χ4v) is 2.25. The maximum atomic E-state index is 11.9. The first-order chi connectivity index (χ1) is 11.0. The van der Waals surface area contributed by atoms with Crippen molar-refractivity contribution < 1.29 is 4.79 Å². The lowest BCUT2D eigenvalue weighted by molar-refractivity contribution is -0.120. The first-order valence-corrected chi connectivity index (χ1v) is 7.63. The Kier molecular flexibility index (Phi) is 5.59. The number of benzene rings is 1. The van der Waals surface area contributed by atoms with E-state index < -0.39 is 0 Å². The van der Waals surface area contributed by atoms with Gasteiger partial charge in [0.2, 0.25) is 5.91 Å². The van der Waals surface area contributed by atoms with Gasteiger partial charge in [-0.1, -0.05) is 31.2 Å². The molecule has 3 N–H and O–H groups in total. The number of amides is 1. The van der Waals surface area contributed by atoms with Crippen LogP contribution >= 0.6 is 12.2 Å². The minimum Gasteiger partial charge on any atom is -0.335 e. The predicted molar refractivity (Wildman–Crippen MR) is 92.1 cm³/mol. The summed E-state index contributed by atoms with van der Waals surface area (Å²) in [6.07, 6.45) is 0.976. The molecule has 0 aliphatic rings. The summed E-state index contributed by atoms with van der Waals surface area (Å²) in [5.74, 6) is -0.328. The van der Waals surface area contributed by atoms with Crippen molar-refractivity contribution in [2.45, 2.75) is 26.7 Å². The number of hydrogen-bond acceptors (Lipinski definition) is 4. The third kappa shape index (κ3) is 5.00. The Labute approximate surface area is 138 Å². The van der Waals surface area contributed by atoms with E-state index in [1.165, 1.54) is 11.6 Å². The lowest BCUT2D eigenvalue weighted by Crippen LogP contribution is -2.23. The van der Waals surface area contributed by atoms with Gasteiger partial charge in [-0.3, -0.25) is 14.6 Å². The average molecular weight is 330 g/mol. The molecule has 1 heterocycles. The van der Waals surface area contributed by atoms with Crippen LogP contribution in [0.2, 0.25) is 0 Å². The number of H-pyrrole nitrogens is 2. The largest absolute Gasteiger partial charge is 0.335 e. The Morgan fingerprint density at radius 3 is 2.57 bits per heavy atom. The van der Waals surface area contributed by atoms with E-state index in [9.17, 15) is 9.59 Å². The smallest absolute Gasteiger partial charge is 0.251 e. The summed E-state index contributed by atoms with van der Waals surface area (Å²) < 4.78 is 0.191. The highest BCUT2D eigenvalue weighted by Gasteiger charge is 2.05. The second-order valence-electron chi connectivity index (χ2n) is 5.07. The molecule has 1 amide bonds. The maximum absolute atomic E-state index is 11.9. The van der Waals surface area contributed by atoms with Gasteiger partial charge in [0.05, 0.1) is 12.1 Å². The Balaban J connectivity index is 2.01. The quantitative estimate of drug-likeness (QED) is 0.445. The summed E-state index contributed by atoms with van der Waals surface area (Å²) in [6.45, 7) is 3.91. The van der Waals surface area contributed by atoms with Gasteiger partial charge in [-0.25, -0.2) is 5.43 Å². The van der Waals surface area contributed by atoms with E-state index in [1.54, 1.807) is 0 Å². The van der Waals surface area contributed by atoms with Crippen molar-refractivity contribution in [3.8, 4) is 0 Å². The van der Waals surface area contributed by atoms with Crippen molar-refractivity contribution in [3.05, 3.63) is 62.3 Å². The number of nitrogens with one attached hydrogen (secondary N) is 3. The molecule has 0 spiro atoms.